The van der Waals surface area contributed by atoms with Crippen molar-refractivity contribution in [3.63, 3.8) is 0 Å². The van der Waals surface area contributed by atoms with Crippen LogP contribution in [-0.4, -0.2) is 64.9 Å². The van der Waals surface area contributed by atoms with Gasteiger partial charge in [0.1, 0.15) is 0 Å². The van der Waals surface area contributed by atoms with Crippen molar-refractivity contribution in [1.29, 1.82) is 0 Å². The van der Waals surface area contributed by atoms with Crippen LogP contribution in [0.15, 0.2) is 48.5 Å². The predicted octanol–water partition coefficient (Wildman–Crippen LogP) is 5.27. The molecule has 3 atom stereocenters. The highest BCUT2D eigenvalue weighted by Gasteiger charge is 2.46. The molecule has 3 aliphatic rings. The topological polar surface area (TPSA) is 26.8 Å². The molecule has 0 N–H and O–H groups in total. The van der Waals surface area contributed by atoms with Crippen LogP contribution in [0.5, 0.6) is 0 Å². The third-order valence-corrected chi connectivity index (χ3v) is 8.48. The SMILES string of the molecule is O=C(Cc1ccc(Cl)c(Cl)c1)N1CCN(Cc2ccccc2)[C@H]2CCC[C@@H](N3CCCC3)[C@@H]21. The van der Waals surface area contributed by atoms with Crippen LogP contribution in [0.1, 0.15) is 43.2 Å². The Hall–Kier alpha value is -1.59. The van der Waals surface area contributed by atoms with E-state index < -0.39 is 0 Å². The van der Waals surface area contributed by atoms with E-state index in [1.165, 1.54) is 50.8 Å². The molecule has 3 fully saturated rings. The molecule has 1 amide bonds. The van der Waals surface area contributed by atoms with Crippen molar-refractivity contribution < 1.29 is 4.79 Å². The Morgan fingerprint density at radius 1 is 0.818 bits per heavy atom. The van der Waals surface area contributed by atoms with Crippen LogP contribution >= 0.6 is 23.2 Å². The molecule has 6 heteroatoms. The van der Waals surface area contributed by atoms with Crippen molar-refractivity contribution in [2.75, 3.05) is 26.2 Å². The van der Waals surface area contributed by atoms with Crippen LogP contribution in [0.4, 0.5) is 0 Å². The van der Waals surface area contributed by atoms with Crippen molar-refractivity contribution in [3.8, 4) is 0 Å². The molecular formula is C27H33Cl2N3O. The molecule has 5 rings (SSSR count). The van der Waals surface area contributed by atoms with Gasteiger partial charge in [0, 0.05) is 31.7 Å². The van der Waals surface area contributed by atoms with Crippen LogP contribution < -0.4 is 0 Å². The molecule has 33 heavy (non-hydrogen) atoms. The fourth-order valence-corrected chi connectivity index (χ4v) is 6.52. The molecule has 1 aliphatic carbocycles. The highest BCUT2D eigenvalue weighted by molar-refractivity contribution is 6.42. The quantitative estimate of drug-likeness (QED) is 0.577. The van der Waals surface area contributed by atoms with Crippen LogP contribution in [0.3, 0.4) is 0 Å². The molecule has 2 saturated heterocycles. The molecule has 176 valence electrons. The van der Waals surface area contributed by atoms with Gasteiger partial charge in [0.25, 0.3) is 0 Å². The van der Waals surface area contributed by atoms with E-state index in [2.05, 4.69) is 45.0 Å². The number of amides is 1. The summed E-state index contributed by atoms with van der Waals surface area (Å²) in [7, 11) is 0. The zero-order chi connectivity index (χ0) is 22.8. The predicted molar refractivity (Wildman–Crippen MR) is 135 cm³/mol. The second kappa shape index (κ2) is 10.4. The maximum atomic E-state index is 13.7. The summed E-state index contributed by atoms with van der Waals surface area (Å²) in [6.07, 6.45) is 6.53. The molecule has 0 unspecified atom stereocenters. The minimum atomic E-state index is 0.217. The number of benzene rings is 2. The number of fused-ring (bicyclic) bond motifs is 1. The Morgan fingerprint density at radius 3 is 2.33 bits per heavy atom. The lowest BCUT2D eigenvalue weighted by Gasteiger charge is -2.55. The molecule has 4 nitrogen and oxygen atoms in total. The molecular weight excluding hydrogens is 453 g/mol. The summed E-state index contributed by atoms with van der Waals surface area (Å²) in [6, 6.07) is 17.4. The summed E-state index contributed by atoms with van der Waals surface area (Å²) in [5.41, 5.74) is 2.29. The van der Waals surface area contributed by atoms with E-state index in [0.717, 1.165) is 25.2 Å². The minimum Gasteiger partial charge on any atom is -0.335 e. The number of likely N-dealkylation sites (tertiary alicyclic amines) is 1. The van der Waals surface area contributed by atoms with Crippen LogP contribution in [0, 0.1) is 0 Å². The minimum absolute atomic E-state index is 0.217. The number of carbonyl (C=O) groups excluding carboxylic acids is 1. The Morgan fingerprint density at radius 2 is 1.58 bits per heavy atom. The van der Waals surface area contributed by atoms with Crippen molar-refractivity contribution in [2.45, 2.75) is 63.2 Å². The number of carbonyl (C=O) groups is 1. The van der Waals surface area contributed by atoms with E-state index in [1.807, 2.05) is 12.1 Å². The summed E-state index contributed by atoms with van der Waals surface area (Å²) in [4.78, 5) is 21.2. The summed E-state index contributed by atoms with van der Waals surface area (Å²) in [5, 5.41) is 1.05. The standard InChI is InChI=1S/C27H33Cl2N3O/c28-22-12-11-21(17-23(22)29)18-26(33)32-16-15-31(19-20-7-2-1-3-8-20)25-10-6-9-24(27(25)32)30-13-4-5-14-30/h1-3,7-8,11-12,17,24-25,27H,4-6,9-10,13-16,18-19H2/t24-,25+,27+/m1/s1. The highest BCUT2D eigenvalue weighted by Crippen LogP contribution is 2.36. The number of nitrogens with zero attached hydrogens (tertiary/aromatic N) is 3. The Kier molecular flexibility index (Phi) is 7.27. The third kappa shape index (κ3) is 5.09. The van der Waals surface area contributed by atoms with Crippen molar-refractivity contribution in [3.05, 3.63) is 69.7 Å². The van der Waals surface area contributed by atoms with Gasteiger partial charge in [0.05, 0.1) is 22.5 Å². The van der Waals surface area contributed by atoms with Gasteiger partial charge in [-0.25, -0.2) is 0 Å². The van der Waals surface area contributed by atoms with Gasteiger partial charge in [-0.3, -0.25) is 14.6 Å². The number of halogens is 2. The maximum Gasteiger partial charge on any atom is 0.227 e. The van der Waals surface area contributed by atoms with Crippen molar-refractivity contribution in [1.82, 2.24) is 14.7 Å². The Labute approximate surface area is 207 Å². The van der Waals surface area contributed by atoms with E-state index in [1.54, 1.807) is 6.07 Å². The summed E-state index contributed by atoms with van der Waals surface area (Å²) < 4.78 is 0. The van der Waals surface area contributed by atoms with E-state index in [4.69, 9.17) is 23.2 Å². The number of rotatable bonds is 5. The summed E-state index contributed by atoms with van der Waals surface area (Å²) >= 11 is 12.3. The first kappa shape index (κ1) is 23.2. The molecule has 0 radical (unpaired) electrons. The average Bonchev–Trinajstić information content (AvgIpc) is 3.37. The number of piperazine rings is 1. The van der Waals surface area contributed by atoms with E-state index >= 15 is 0 Å². The molecule has 0 aromatic heterocycles. The first-order chi connectivity index (χ1) is 16.1. The van der Waals surface area contributed by atoms with E-state index in [-0.39, 0.29) is 11.9 Å². The Bertz CT molecular complexity index is 963. The number of hydrogen-bond acceptors (Lipinski definition) is 3. The molecule has 2 aromatic rings. The monoisotopic (exact) mass is 485 g/mol. The molecule has 2 aromatic carbocycles. The van der Waals surface area contributed by atoms with E-state index in [9.17, 15) is 4.79 Å². The van der Waals surface area contributed by atoms with Crippen molar-refractivity contribution in [2.24, 2.45) is 0 Å². The first-order valence-electron chi connectivity index (χ1n) is 12.4. The second-order valence-corrected chi connectivity index (χ2v) is 10.6. The van der Waals surface area contributed by atoms with Gasteiger partial charge in [-0.1, -0.05) is 66.0 Å². The fraction of sp³-hybridized carbons (Fsp3) is 0.519. The van der Waals surface area contributed by atoms with Crippen LogP contribution in [0.25, 0.3) is 0 Å². The smallest absolute Gasteiger partial charge is 0.227 e. The fourth-order valence-electron chi connectivity index (χ4n) is 6.20. The normalized spacial score (nSPS) is 26.4. The van der Waals surface area contributed by atoms with Gasteiger partial charge < -0.3 is 4.90 Å². The van der Waals surface area contributed by atoms with Gasteiger partial charge in [0.2, 0.25) is 5.91 Å². The molecule has 0 bridgehead atoms. The van der Waals surface area contributed by atoms with Gasteiger partial charge in [0.15, 0.2) is 0 Å². The zero-order valence-electron chi connectivity index (χ0n) is 19.1. The van der Waals surface area contributed by atoms with E-state index in [0.29, 0.717) is 28.5 Å². The highest BCUT2D eigenvalue weighted by atomic mass is 35.5. The van der Waals surface area contributed by atoms with Gasteiger partial charge >= 0.3 is 0 Å². The lowest BCUT2D eigenvalue weighted by molar-refractivity contribution is -0.143. The molecule has 0 spiro atoms. The van der Waals surface area contributed by atoms with Gasteiger partial charge in [-0.2, -0.15) is 0 Å². The van der Waals surface area contributed by atoms with Crippen molar-refractivity contribution >= 4 is 29.1 Å². The average molecular weight is 486 g/mol. The first-order valence-corrected chi connectivity index (χ1v) is 13.1. The largest absolute Gasteiger partial charge is 0.335 e. The lowest BCUT2D eigenvalue weighted by atomic mass is 9.81. The second-order valence-electron chi connectivity index (χ2n) is 9.77. The van der Waals surface area contributed by atoms with Crippen LogP contribution in [0.2, 0.25) is 10.0 Å². The zero-order valence-corrected chi connectivity index (χ0v) is 20.6. The third-order valence-electron chi connectivity index (χ3n) is 7.74. The Balaban J connectivity index is 1.39. The summed E-state index contributed by atoms with van der Waals surface area (Å²) in [5.74, 6) is 0.217. The maximum absolute atomic E-state index is 13.7. The summed E-state index contributed by atoms with van der Waals surface area (Å²) in [6.45, 7) is 5.01. The van der Waals surface area contributed by atoms with Crippen LogP contribution in [-0.2, 0) is 17.8 Å². The molecule has 1 saturated carbocycles. The van der Waals surface area contributed by atoms with Gasteiger partial charge in [-0.15, -0.1) is 0 Å². The lowest BCUT2D eigenvalue weighted by Crippen LogP contribution is -2.68. The number of hydrogen-bond donors (Lipinski definition) is 0. The molecule has 2 heterocycles. The van der Waals surface area contributed by atoms with Gasteiger partial charge in [-0.05, 0) is 62.0 Å². The molecule has 2 aliphatic heterocycles.